The molecule has 0 aromatic rings. The molecule has 0 aromatic heterocycles. The highest BCUT2D eigenvalue weighted by molar-refractivity contribution is 7.80. The van der Waals surface area contributed by atoms with Gasteiger partial charge in [0.1, 0.15) is 12.3 Å². The Kier molecular flexibility index (Phi) is 3.43. The molecule has 4 saturated heterocycles. The largest absolute Gasteiger partial charge is 0.325 e. The van der Waals surface area contributed by atoms with E-state index in [-0.39, 0.29) is 18.4 Å². The van der Waals surface area contributed by atoms with Gasteiger partial charge in [-0.2, -0.15) is 0 Å². The lowest BCUT2D eigenvalue weighted by Gasteiger charge is -2.44. The van der Waals surface area contributed by atoms with E-state index in [9.17, 15) is 4.79 Å². The molecular formula is C14H24N6OS. The van der Waals surface area contributed by atoms with E-state index in [1.54, 1.807) is 0 Å². The molecule has 0 spiro atoms. The van der Waals surface area contributed by atoms with E-state index in [0.717, 1.165) is 57.7 Å². The Balaban J connectivity index is 1.64. The molecule has 0 radical (unpaired) electrons. The minimum Gasteiger partial charge on any atom is -0.311 e. The monoisotopic (exact) mass is 324 g/mol. The molecule has 2 unspecified atom stereocenters. The minimum absolute atomic E-state index is 0.108. The predicted octanol–water partition coefficient (Wildman–Crippen LogP) is 0.560. The van der Waals surface area contributed by atoms with E-state index in [0.29, 0.717) is 0 Å². The summed E-state index contributed by atoms with van der Waals surface area (Å²) in [5.74, 6) is 0. The second kappa shape index (κ2) is 5.21. The number of nitrogens with zero attached hydrogens (tertiary/aromatic N) is 6. The average Bonchev–Trinajstić information content (AvgIpc) is 2.94. The summed E-state index contributed by atoms with van der Waals surface area (Å²) in [6.07, 6.45) is 2.40. The topological polar surface area (TPSA) is 36.5 Å². The van der Waals surface area contributed by atoms with Crippen molar-refractivity contribution in [1.29, 1.82) is 0 Å². The normalized spacial score (nSPS) is 31.5. The Morgan fingerprint density at radius 1 is 0.864 bits per heavy atom. The third kappa shape index (κ3) is 1.87. The van der Waals surface area contributed by atoms with E-state index >= 15 is 0 Å². The summed E-state index contributed by atoms with van der Waals surface area (Å²) >= 11 is 5.73. The lowest BCUT2D eigenvalue weighted by atomic mass is 10.3. The molecule has 22 heavy (non-hydrogen) atoms. The fourth-order valence-electron chi connectivity index (χ4n) is 4.21. The summed E-state index contributed by atoms with van der Waals surface area (Å²) in [6, 6.07) is 0.161. The zero-order valence-corrected chi connectivity index (χ0v) is 14.1. The van der Waals surface area contributed by atoms with Crippen LogP contribution in [0.2, 0.25) is 0 Å². The molecule has 0 aliphatic carbocycles. The van der Waals surface area contributed by atoms with Crippen molar-refractivity contribution in [2.75, 3.05) is 39.8 Å². The standard InChI is InChI=1S/C14H24N6OS/c1-3-5-15-7-17-11-12-18(13(17)21)8-16(6-4-2)10-20(12)14(22)19(11)9-15/h11-12H,3-10H2,1-2H3. The van der Waals surface area contributed by atoms with E-state index in [1.165, 1.54) is 0 Å². The molecule has 4 fully saturated rings. The molecule has 8 heteroatoms. The summed E-state index contributed by atoms with van der Waals surface area (Å²) in [5, 5.41) is 0.902. The Labute approximate surface area is 137 Å². The zero-order chi connectivity index (χ0) is 15.4. The third-order valence-electron chi connectivity index (χ3n) is 5.02. The number of hydrogen-bond acceptors (Lipinski definition) is 4. The number of carbonyl (C=O) groups excluding carboxylic acids is 1. The van der Waals surface area contributed by atoms with Crippen LogP contribution in [0.5, 0.6) is 0 Å². The number of carbonyl (C=O) groups is 1. The first-order valence-corrected chi connectivity index (χ1v) is 8.65. The molecule has 2 atom stereocenters. The molecule has 7 nitrogen and oxygen atoms in total. The van der Waals surface area contributed by atoms with E-state index < -0.39 is 0 Å². The minimum atomic E-state index is 0.108. The maximum atomic E-state index is 12.8. The van der Waals surface area contributed by atoms with Gasteiger partial charge < -0.3 is 9.80 Å². The van der Waals surface area contributed by atoms with Crippen LogP contribution in [-0.4, -0.2) is 92.6 Å². The van der Waals surface area contributed by atoms with Gasteiger partial charge in [0.15, 0.2) is 5.11 Å². The van der Waals surface area contributed by atoms with Gasteiger partial charge in [0.05, 0.1) is 26.7 Å². The van der Waals surface area contributed by atoms with Crippen LogP contribution in [0.1, 0.15) is 26.7 Å². The average molecular weight is 324 g/mol. The first-order chi connectivity index (χ1) is 10.7. The molecule has 0 aromatic carbocycles. The SMILES string of the molecule is CCCN1CN2C(=O)N3CN(CCC)CN4C(=S)N(C1)C2C34. The van der Waals surface area contributed by atoms with Gasteiger partial charge in [-0.25, -0.2) is 4.79 Å². The van der Waals surface area contributed by atoms with Crippen molar-refractivity contribution < 1.29 is 4.79 Å². The lowest BCUT2D eigenvalue weighted by Crippen LogP contribution is -2.61. The second-order valence-corrected chi connectivity index (χ2v) is 6.99. The molecular weight excluding hydrogens is 300 g/mol. The smallest absolute Gasteiger partial charge is 0.311 e. The first kappa shape index (κ1) is 14.5. The zero-order valence-electron chi connectivity index (χ0n) is 13.3. The fraction of sp³-hybridized carbons (Fsp3) is 0.857. The molecule has 0 saturated carbocycles. The van der Waals surface area contributed by atoms with E-state index in [1.807, 2.05) is 9.80 Å². The van der Waals surface area contributed by atoms with Crippen LogP contribution in [0.3, 0.4) is 0 Å². The van der Waals surface area contributed by atoms with Crippen LogP contribution in [0.15, 0.2) is 0 Å². The molecule has 0 bridgehead atoms. The van der Waals surface area contributed by atoms with Crippen molar-refractivity contribution in [2.45, 2.75) is 39.0 Å². The van der Waals surface area contributed by atoms with Gasteiger partial charge in [0.25, 0.3) is 0 Å². The first-order valence-electron chi connectivity index (χ1n) is 8.25. The molecule has 4 aliphatic rings. The molecule has 122 valence electrons. The van der Waals surface area contributed by atoms with Gasteiger partial charge in [-0.1, -0.05) is 13.8 Å². The maximum absolute atomic E-state index is 12.8. The highest BCUT2D eigenvalue weighted by Crippen LogP contribution is 2.39. The number of amides is 2. The van der Waals surface area contributed by atoms with Crippen LogP contribution in [0.25, 0.3) is 0 Å². The van der Waals surface area contributed by atoms with Gasteiger partial charge in [0.2, 0.25) is 0 Å². The summed E-state index contributed by atoms with van der Waals surface area (Å²) in [4.78, 5) is 26.0. The summed E-state index contributed by atoms with van der Waals surface area (Å²) in [6.45, 7) is 9.49. The number of thiocarbonyl (C=S) groups is 1. The van der Waals surface area contributed by atoms with Gasteiger partial charge in [0, 0.05) is 13.1 Å². The van der Waals surface area contributed by atoms with Crippen molar-refractivity contribution >= 4 is 23.4 Å². The number of rotatable bonds is 4. The lowest BCUT2D eigenvalue weighted by molar-refractivity contribution is -0.0235. The maximum Gasteiger partial charge on any atom is 0.325 e. The Hall–Kier alpha value is -1.12. The van der Waals surface area contributed by atoms with E-state index in [4.69, 9.17) is 12.2 Å². The van der Waals surface area contributed by atoms with Crippen molar-refractivity contribution in [3.05, 3.63) is 0 Å². The van der Waals surface area contributed by atoms with Crippen LogP contribution in [0, 0.1) is 0 Å². The quantitative estimate of drug-likeness (QED) is 0.704. The highest BCUT2D eigenvalue weighted by Gasteiger charge is 2.61. The Morgan fingerprint density at radius 3 is 1.68 bits per heavy atom. The highest BCUT2D eigenvalue weighted by atomic mass is 32.1. The number of hydrogen-bond donors (Lipinski definition) is 0. The van der Waals surface area contributed by atoms with Crippen molar-refractivity contribution in [2.24, 2.45) is 0 Å². The van der Waals surface area contributed by atoms with Crippen molar-refractivity contribution in [1.82, 2.24) is 29.4 Å². The summed E-state index contributed by atoms with van der Waals surface area (Å²) in [5.41, 5.74) is 0. The van der Waals surface area contributed by atoms with Crippen molar-refractivity contribution in [3.8, 4) is 0 Å². The third-order valence-corrected chi connectivity index (χ3v) is 5.48. The van der Waals surface area contributed by atoms with Crippen LogP contribution < -0.4 is 0 Å². The van der Waals surface area contributed by atoms with Gasteiger partial charge in [-0.05, 0) is 25.1 Å². The van der Waals surface area contributed by atoms with Crippen molar-refractivity contribution in [3.63, 3.8) is 0 Å². The second-order valence-electron chi connectivity index (χ2n) is 6.63. The van der Waals surface area contributed by atoms with Crippen LogP contribution in [0.4, 0.5) is 4.79 Å². The summed E-state index contributed by atoms with van der Waals surface area (Å²) in [7, 11) is 0. The molecule has 4 rings (SSSR count). The van der Waals surface area contributed by atoms with E-state index in [2.05, 4.69) is 33.4 Å². The predicted molar refractivity (Wildman–Crippen MR) is 86.4 cm³/mol. The van der Waals surface area contributed by atoms with Crippen LogP contribution >= 0.6 is 12.2 Å². The Morgan fingerprint density at radius 2 is 1.27 bits per heavy atom. The molecule has 2 amide bonds. The van der Waals surface area contributed by atoms with Crippen LogP contribution in [-0.2, 0) is 0 Å². The Bertz CT molecular complexity index is 426. The molecule has 4 aliphatic heterocycles. The summed E-state index contributed by atoms with van der Waals surface area (Å²) < 4.78 is 0. The number of urea groups is 1. The van der Waals surface area contributed by atoms with Gasteiger partial charge in [-0.15, -0.1) is 0 Å². The fourth-order valence-corrected chi connectivity index (χ4v) is 4.54. The van der Waals surface area contributed by atoms with Gasteiger partial charge >= 0.3 is 6.03 Å². The van der Waals surface area contributed by atoms with Gasteiger partial charge in [-0.3, -0.25) is 19.6 Å². The molecule has 4 heterocycles. The molecule has 0 N–H and O–H groups in total.